The lowest BCUT2D eigenvalue weighted by Gasteiger charge is -2.11. The van der Waals surface area contributed by atoms with Gasteiger partial charge >= 0.3 is 0 Å². The molecular weight excluding hydrogens is 252 g/mol. The lowest BCUT2D eigenvalue weighted by Crippen LogP contribution is -2.11. The molecule has 0 saturated carbocycles. The normalized spacial score (nSPS) is 18.8. The number of benzene rings is 1. The topological polar surface area (TPSA) is 43.4 Å². The highest BCUT2D eigenvalue weighted by atomic mass is 16.5. The van der Waals surface area contributed by atoms with E-state index < -0.39 is 0 Å². The van der Waals surface area contributed by atoms with Crippen molar-refractivity contribution in [2.45, 2.75) is 51.4 Å². The minimum atomic E-state index is -0.123. The fourth-order valence-electron chi connectivity index (χ4n) is 2.50. The predicted molar refractivity (Wildman–Crippen MR) is 78.2 cm³/mol. The molecule has 0 radical (unpaired) electrons. The summed E-state index contributed by atoms with van der Waals surface area (Å²) >= 11 is 0. The number of fused-ring (bicyclic) bond motifs is 1. The largest absolute Gasteiger partial charge is 0.493 e. The maximum absolute atomic E-state index is 12.2. The zero-order valence-corrected chi connectivity index (χ0v) is 11.9. The predicted octanol–water partition coefficient (Wildman–Crippen LogP) is 3.95. The molecule has 0 aliphatic carbocycles. The van der Waals surface area contributed by atoms with Crippen molar-refractivity contribution < 1.29 is 14.3 Å². The number of rotatable bonds is 0. The molecule has 108 valence electrons. The summed E-state index contributed by atoms with van der Waals surface area (Å²) in [5.41, 5.74) is 0.540. The molecule has 3 heteroatoms. The molecular formula is C17H22O3. The van der Waals surface area contributed by atoms with Crippen molar-refractivity contribution in [2.24, 2.45) is 0 Å². The number of hydrogen-bond acceptors (Lipinski definition) is 3. The highest BCUT2D eigenvalue weighted by Gasteiger charge is 2.16. The number of Topliss-reactive ketones (excluding diaryl/α,β-unsaturated/α-hetero) is 2. The maximum Gasteiger partial charge on any atom is 0.173 e. The van der Waals surface area contributed by atoms with Gasteiger partial charge in [-0.3, -0.25) is 9.59 Å². The first-order valence-electron chi connectivity index (χ1n) is 7.54. The molecule has 2 rings (SSSR count). The fraction of sp³-hybridized carbons (Fsp3) is 0.529. The molecule has 1 heterocycles. The van der Waals surface area contributed by atoms with Crippen LogP contribution >= 0.6 is 0 Å². The Bertz CT molecular complexity index is 465. The standard InChI is InChI=1S/C17H22O3/c18-14-9-5-3-1-2-4-8-12-20-17-11-7-6-10-15(17)16(19)13-14/h6-7,10-11H,1-5,8-9,12-13H2. The number of ketones is 2. The van der Waals surface area contributed by atoms with Gasteiger partial charge in [0.1, 0.15) is 11.5 Å². The van der Waals surface area contributed by atoms with Crippen LogP contribution in [0.1, 0.15) is 61.7 Å². The van der Waals surface area contributed by atoms with E-state index in [1.807, 2.05) is 18.2 Å². The van der Waals surface area contributed by atoms with Crippen molar-refractivity contribution >= 4 is 11.6 Å². The first kappa shape index (κ1) is 14.8. The molecule has 3 nitrogen and oxygen atoms in total. The molecule has 1 aromatic rings. The van der Waals surface area contributed by atoms with Gasteiger partial charge in [0.15, 0.2) is 5.78 Å². The third-order valence-electron chi connectivity index (χ3n) is 3.65. The summed E-state index contributed by atoms with van der Waals surface area (Å²) in [5.74, 6) is 0.534. The second kappa shape index (κ2) is 7.83. The Hall–Kier alpha value is -1.64. The zero-order valence-electron chi connectivity index (χ0n) is 11.9. The van der Waals surface area contributed by atoms with E-state index in [2.05, 4.69) is 0 Å². The average Bonchev–Trinajstić information content (AvgIpc) is 2.45. The Morgan fingerprint density at radius 3 is 2.40 bits per heavy atom. The number of hydrogen-bond donors (Lipinski definition) is 0. The van der Waals surface area contributed by atoms with Crippen LogP contribution in [0.15, 0.2) is 24.3 Å². The Labute approximate surface area is 120 Å². The highest BCUT2D eigenvalue weighted by Crippen LogP contribution is 2.21. The second-order valence-corrected chi connectivity index (χ2v) is 5.35. The third kappa shape index (κ3) is 4.48. The highest BCUT2D eigenvalue weighted by molar-refractivity contribution is 6.09. The Balaban J connectivity index is 2.10. The average molecular weight is 274 g/mol. The number of carbonyl (C=O) groups excluding carboxylic acids is 2. The van der Waals surface area contributed by atoms with Crippen LogP contribution in [0, 0.1) is 0 Å². The van der Waals surface area contributed by atoms with E-state index in [0.29, 0.717) is 24.3 Å². The lowest BCUT2D eigenvalue weighted by molar-refractivity contribution is -0.118. The first-order valence-corrected chi connectivity index (χ1v) is 7.54. The lowest BCUT2D eigenvalue weighted by atomic mass is 10.0. The van der Waals surface area contributed by atoms with Gasteiger partial charge in [-0.1, -0.05) is 37.8 Å². The zero-order chi connectivity index (χ0) is 14.2. The summed E-state index contributed by atoms with van der Waals surface area (Å²) in [6, 6.07) is 7.23. The van der Waals surface area contributed by atoms with E-state index in [9.17, 15) is 9.59 Å². The van der Waals surface area contributed by atoms with Crippen LogP contribution in [-0.2, 0) is 4.79 Å². The van der Waals surface area contributed by atoms with E-state index in [0.717, 1.165) is 32.1 Å². The van der Waals surface area contributed by atoms with Crippen molar-refractivity contribution in [3.63, 3.8) is 0 Å². The van der Waals surface area contributed by atoms with Gasteiger partial charge < -0.3 is 4.74 Å². The molecule has 0 amide bonds. The van der Waals surface area contributed by atoms with Gasteiger partial charge in [-0.2, -0.15) is 0 Å². The Kier molecular flexibility index (Phi) is 5.78. The van der Waals surface area contributed by atoms with Crippen molar-refractivity contribution in [1.29, 1.82) is 0 Å². The van der Waals surface area contributed by atoms with Gasteiger partial charge in [0.2, 0.25) is 0 Å². The minimum absolute atomic E-state index is 0.000370. The molecule has 0 saturated heterocycles. The molecule has 0 unspecified atom stereocenters. The van der Waals surface area contributed by atoms with Crippen LogP contribution in [0.2, 0.25) is 0 Å². The molecule has 0 fully saturated rings. The van der Waals surface area contributed by atoms with Crippen LogP contribution < -0.4 is 4.74 Å². The summed E-state index contributed by atoms with van der Waals surface area (Å²) < 4.78 is 5.71. The van der Waals surface area contributed by atoms with Gasteiger partial charge in [0, 0.05) is 6.42 Å². The van der Waals surface area contributed by atoms with Crippen molar-refractivity contribution in [3.05, 3.63) is 29.8 Å². The van der Waals surface area contributed by atoms with Crippen molar-refractivity contribution in [2.75, 3.05) is 6.61 Å². The molecule has 0 bridgehead atoms. The fourth-order valence-corrected chi connectivity index (χ4v) is 2.50. The molecule has 0 atom stereocenters. The van der Waals surface area contributed by atoms with E-state index in [4.69, 9.17) is 4.74 Å². The van der Waals surface area contributed by atoms with E-state index in [1.54, 1.807) is 6.07 Å². The first-order chi connectivity index (χ1) is 9.77. The summed E-state index contributed by atoms with van der Waals surface area (Å²) in [7, 11) is 0. The quantitative estimate of drug-likeness (QED) is 0.673. The number of carbonyl (C=O) groups is 2. The molecule has 1 aliphatic heterocycles. The summed E-state index contributed by atoms with van der Waals surface area (Å²) in [6.45, 7) is 0.637. The van der Waals surface area contributed by atoms with E-state index in [1.165, 1.54) is 6.42 Å². The molecule has 1 aromatic carbocycles. The molecule has 1 aliphatic rings. The second-order valence-electron chi connectivity index (χ2n) is 5.35. The van der Waals surface area contributed by atoms with Crippen molar-refractivity contribution in [3.8, 4) is 5.75 Å². The Morgan fingerprint density at radius 2 is 1.55 bits per heavy atom. The van der Waals surface area contributed by atoms with Gasteiger partial charge in [-0.15, -0.1) is 0 Å². The molecule has 20 heavy (non-hydrogen) atoms. The van der Waals surface area contributed by atoms with Crippen LogP contribution in [0.4, 0.5) is 0 Å². The van der Waals surface area contributed by atoms with Gasteiger partial charge in [0.25, 0.3) is 0 Å². The van der Waals surface area contributed by atoms with Crippen LogP contribution in [0.3, 0.4) is 0 Å². The van der Waals surface area contributed by atoms with Gasteiger partial charge in [0.05, 0.1) is 18.6 Å². The Morgan fingerprint density at radius 1 is 0.850 bits per heavy atom. The third-order valence-corrected chi connectivity index (χ3v) is 3.65. The SMILES string of the molecule is O=C1CCCCCCCCOc2ccccc2C(=O)C1. The summed E-state index contributed by atoms with van der Waals surface area (Å²) in [4.78, 5) is 24.0. The minimum Gasteiger partial charge on any atom is -0.493 e. The molecule has 0 N–H and O–H groups in total. The summed E-state index contributed by atoms with van der Waals surface area (Å²) in [5, 5.41) is 0. The smallest absolute Gasteiger partial charge is 0.173 e. The maximum atomic E-state index is 12.2. The summed E-state index contributed by atoms with van der Waals surface area (Å²) in [6.07, 6.45) is 7.03. The number of ether oxygens (including phenoxy) is 1. The van der Waals surface area contributed by atoms with E-state index >= 15 is 0 Å². The van der Waals surface area contributed by atoms with Gasteiger partial charge in [-0.25, -0.2) is 0 Å². The van der Waals surface area contributed by atoms with Crippen LogP contribution in [0.5, 0.6) is 5.75 Å². The van der Waals surface area contributed by atoms with E-state index in [-0.39, 0.29) is 18.0 Å². The van der Waals surface area contributed by atoms with Gasteiger partial charge in [-0.05, 0) is 25.0 Å². The van der Waals surface area contributed by atoms with Crippen molar-refractivity contribution in [1.82, 2.24) is 0 Å². The van der Waals surface area contributed by atoms with Crippen LogP contribution in [0.25, 0.3) is 0 Å². The van der Waals surface area contributed by atoms with Crippen LogP contribution in [-0.4, -0.2) is 18.2 Å². The molecule has 0 spiro atoms. The monoisotopic (exact) mass is 274 g/mol. The molecule has 0 aromatic heterocycles. The number of para-hydroxylation sites is 1.